The van der Waals surface area contributed by atoms with Crippen molar-refractivity contribution in [2.45, 2.75) is 19.4 Å². The highest BCUT2D eigenvalue weighted by molar-refractivity contribution is 6.10. The van der Waals surface area contributed by atoms with Crippen LogP contribution in [0.4, 0.5) is 11.4 Å². The summed E-state index contributed by atoms with van der Waals surface area (Å²) in [6.07, 6.45) is 3.15. The van der Waals surface area contributed by atoms with E-state index in [1.807, 2.05) is 84.9 Å². The summed E-state index contributed by atoms with van der Waals surface area (Å²) in [4.78, 5) is 27.5. The second kappa shape index (κ2) is 9.12. The number of aromatic nitrogens is 2. The van der Waals surface area contributed by atoms with E-state index >= 15 is 0 Å². The van der Waals surface area contributed by atoms with Crippen molar-refractivity contribution >= 4 is 23.2 Å². The Bertz CT molecular complexity index is 1280. The number of anilines is 2. The van der Waals surface area contributed by atoms with Crippen molar-refractivity contribution < 1.29 is 9.59 Å². The summed E-state index contributed by atoms with van der Waals surface area (Å²) in [7, 11) is 0. The Morgan fingerprint density at radius 3 is 2.33 bits per heavy atom. The molecule has 1 aromatic heterocycles. The second-order valence-electron chi connectivity index (χ2n) is 8.06. The van der Waals surface area contributed by atoms with Crippen LogP contribution in [0.15, 0.2) is 91.1 Å². The van der Waals surface area contributed by atoms with E-state index in [9.17, 15) is 9.59 Å². The fraction of sp³-hybridized carbons (Fsp3) is 0.148. The molecule has 1 saturated heterocycles. The lowest BCUT2D eigenvalue weighted by atomic mass is 10.1. The highest BCUT2D eigenvalue weighted by Crippen LogP contribution is 2.31. The first-order chi connectivity index (χ1) is 16.2. The van der Waals surface area contributed by atoms with Gasteiger partial charge in [-0.05, 0) is 24.1 Å². The number of hydrogen-bond donors (Lipinski definition) is 1. The maximum absolute atomic E-state index is 13.5. The highest BCUT2D eigenvalue weighted by Gasteiger charge is 2.25. The zero-order valence-corrected chi connectivity index (χ0v) is 18.1. The van der Waals surface area contributed by atoms with E-state index in [0.717, 1.165) is 23.2 Å². The Kier molecular flexibility index (Phi) is 5.72. The van der Waals surface area contributed by atoms with Gasteiger partial charge in [-0.3, -0.25) is 14.3 Å². The maximum Gasteiger partial charge on any atom is 0.259 e. The predicted octanol–water partition coefficient (Wildman–Crippen LogP) is 4.98. The zero-order chi connectivity index (χ0) is 22.6. The van der Waals surface area contributed by atoms with E-state index in [1.54, 1.807) is 15.8 Å². The number of nitrogens with zero attached hydrogens (tertiary/aromatic N) is 3. The minimum atomic E-state index is -0.257. The molecular weight excluding hydrogens is 412 g/mol. The number of nitrogens with one attached hydrogen (secondary N) is 1. The topological polar surface area (TPSA) is 67.2 Å². The van der Waals surface area contributed by atoms with Gasteiger partial charge < -0.3 is 10.2 Å². The molecule has 0 unspecified atom stereocenters. The van der Waals surface area contributed by atoms with Crippen molar-refractivity contribution in [2.75, 3.05) is 16.8 Å². The molecular formula is C27H24N4O2. The van der Waals surface area contributed by atoms with Crippen LogP contribution in [-0.2, 0) is 11.3 Å². The van der Waals surface area contributed by atoms with E-state index in [2.05, 4.69) is 5.32 Å². The summed E-state index contributed by atoms with van der Waals surface area (Å²) >= 11 is 0. The van der Waals surface area contributed by atoms with Gasteiger partial charge in [-0.1, -0.05) is 72.8 Å². The Hall–Kier alpha value is -4.19. The summed E-state index contributed by atoms with van der Waals surface area (Å²) in [5.41, 5.74) is 4.43. The van der Waals surface area contributed by atoms with Gasteiger partial charge in [-0.2, -0.15) is 5.10 Å². The molecule has 6 nitrogen and oxygen atoms in total. The largest absolute Gasteiger partial charge is 0.320 e. The fourth-order valence-electron chi connectivity index (χ4n) is 4.16. The number of carbonyl (C=O) groups excluding carboxylic acids is 2. The third-order valence-corrected chi connectivity index (χ3v) is 5.76. The molecule has 0 saturated carbocycles. The molecule has 33 heavy (non-hydrogen) atoms. The third-order valence-electron chi connectivity index (χ3n) is 5.76. The van der Waals surface area contributed by atoms with E-state index < -0.39 is 0 Å². The Labute approximate surface area is 192 Å². The average Bonchev–Trinajstić information content (AvgIpc) is 3.47. The molecule has 5 rings (SSSR count). The standard InChI is InChI=1S/C27H24N4O2/c32-25-16-9-17-31(25)24-15-8-7-14-23(24)28-27(33)22-19-30(18-20-10-3-1-4-11-20)29-26(22)21-12-5-2-6-13-21/h1-8,10-15,19H,9,16-18H2,(H,28,33). The van der Waals surface area contributed by atoms with Crippen LogP contribution in [0, 0.1) is 0 Å². The summed E-state index contributed by atoms with van der Waals surface area (Å²) in [5.74, 6) is -0.176. The smallest absolute Gasteiger partial charge is 0.259 e. The number of rotatable bonds is 6. The summed E-state index contributed by atoms with van der Waals surface area (Å²) in [5, 5.41) is 7.77. The van der Waals surface area contributed by atoms with Crippen molar-refractivity contribution in [1.82, 2.24) is 9.78 Å². The molecule has 0 aliphatic carbocycles. The minimum Gasteiger partial charge on any atom is -0.320 e. The molecule has 6 heteroatoms. The van der Waals surface area contributed by atoms with Crippen LogP contribution in [-0.4, -0.2) is 28.1 Å². The number of amides is 2. The van der Waals surface area contributed by atoms with Crippen molar-refractivity contribution in [2.24, 2.45) is 0 Å². The molecule has 4 aromatic rings. The second-order valence-corrected chi connectivity index (χ2v) is 8.06. The quantitative estimate of drug-likeness (QED) is 0.464. The van der Waals surface area contributed by atoms with Crippen LogP contribution < -0.4 is 10.2 Å². The van der Waals surface area contributed by atoms with Gasteiger partial charge in [0.1, 0.15) is 5.69 Å². The number of benzene rings is 3. The summed E-state index contributed by atoms with van der Waals surface area (Å²) < 4.78 is 1.79. The molecule has 1 aliphatic heterocycles. The van der Waals surface area contributed by atoms with Crippen molar-refractivity contribution in [3.8, 4) is 11.3 Å². The summed E-state index contributed by atoms with van der Waals surface area (Å²) in [6, 6.07) is 27.2. The molecule has 0 bridgehead atoms. The Morgan fingerprint density at radius 1 is 0.909 bits per heavy atom. The molecule has 1 N–H and O–H groups in total. The van der Waals surface area contributed by atoms with Crippen molar-refractivity contribution in [3.05, 3.63) is 102 Å². The first-order valence-electron chi connectivity index (χ1n) is 11.1. The monoisotopic (exact) mass is 436 g/mol. The van der Waals surface area contributed by atoms with Crippen LogP contribution in [0.2, 0.25) is 0 Å². The van der Waals surface area contributed by atoms with Crippen LogP contribution in [0.5, 0.6) is 0 Å². The van der Waals surface area contributed by atoms with E-state index in [1.165, 1.54) is 0 Å². The van der Waals surface area contributed by atoms with Crippen molar-refractivity contribution in [1.29, 1.82) is 0 Å². The van der Waals surface area contributed by atoms with Gasteiger partial charge in [-0.15, -0.1) is 0 Å². The lowest BCUT2D eigenvalue weighted by Crippen LogP contribution is -2.25. The molecule has 1 aliphatic rings. The zero-order valence-electron chi connectivity index (χ0n) is 18.1. The molecule has 2 amide bonds. The third kappa shape index (κ3) is 4.41. The van der Waals surface area contributed by atoms with Crippen LogP contribution >= 0.6 is 0 Å². The Morgan fingerprint density at radius 2 is 1.61 bits per heavy atom. The molecule has 1 fully saturated rings. The van der Waals surface area contributed by atoms with Gasteiger partial charge in [0.25, 0.3) is 5.91 Å². The van der Waals surface area contributed by atoms with Crippen LogP contribution in [0.25, 0.3) is 11.3 Å². The first kappa shape index (κ1) is 20.7. The summed E-state index contributed by atoms with van der Waals surface area (Å²) in [6.45, 7) is 1.23. The maximum atomic E-state index is 13.5. The SMILES string of the molecule is O=C(Nc1ccccc1N1CCCC1=O)c1cn(Cc2ccccc2)nc1-c1ccccc1. The molecule has 3 aromatic carbocycles. The first-order valence-corrected chi connectivity index (χ1v) is 11.1. The molecule has 0 spiro atoms. The van der Waals surface area contributed by atoms with E-state index in [-0.39, 0.29) is 11.8 Å². The molecule has 164 valence electrons. The molecule has 0 radical (unpaired) electrons. The van der Waals surface area contributed by atoms with E-state index in [4.69, 9.17) is 5.10 Å². The normalized spacial score (nSPS) is 13.3. The predicted molar refractivity (Wildman–Crippen MR) is 129 cm³/mol. The van der Waals surface area contributed by atoms with Gasteiger partial charge in [0.05, 0.1) is 23.5 Å². The number of hydrogen-bond acceptors (Lipinski definition) is 3. The van der Waals surface area contributed by atoms with Crippen molar-refractivity contribution in [3.63, 3.8) is 0 Å². The van der Waals surface area contributed by atoms with Gasteiger partial charge in [-0.25, -0.2) is 0 Å². The fourth-order valence-corrected chi connectivity index (χ4v) is 4.16. The van der Waals surface area contributed by atoms with Gasteiger partial charge >= 0.3 is 0 Å². The van der Waals surface area contributed by atoms with Crippen LogP contribution in [0.3, 0.4) is 0 Å². The number of carbonyl (C=O) groups is 2. The minimum absolute atomic E-state index is 0.0809. The lowest BCUT2D eigenvalue weighted by molar-refractivity contribution is -0.117. The highest BCUT2D eigenvalue weighted by atomic mass is 16.2. The number of para-hydroxylation sites is 2. The molecule has 0 atom stereocenters. The van der Waals surface area contributed by atoms with Gasteiger partial charge in [0, 0.05) is 24.7 Å². The van der Waals surface area contributed by atoms with Crippen LogP contribution in [0.1, 0.15) is 28.8 Å². The van der Waals surface area contributed by atoms with Gasteiger partial charge in [0.2, 0.25) is 5.91 Å². The lowest BCUT2D eigenvalue weighted by Gasteiger charge is -2.20. The average molecular weight is 437 g/mol. The van der Waals surface area contributed by atoms with E-state index in [0.29, 0.717) is 36.5 Å². The Balaban J connectivity index is 1.48. The van der Waals surface area contributed by atoms with Gasteiger partial charge in [0.15, 0.2) is 0 Å². The molecule has 2 heterocycles.